The molecule has 35 heavy (non-hydrogen) atoms. The van der Waals surface area contributed by atoms with Crippen molar-refractivity contribution in [3.8, 4) is 23.3 Å². The van der Waals surface area contributed by atoms with Gasteiger partial charge in [0.25, 0.3) is 5.91 Å². The van der Waals surface area contributed by atoms with E-state index in [1.54, 1.807) is 36.5 Å². The van der Waals surface area contributed by atoms with Crippen molar-refractivity contribution in [2.45, 2.75) is 6.92 Å². The number of amides is 1. The van der Waals surface area contributed by atoms with Crippen LogP contribution in [0.15, 0.2) is 66.9 Å². The molecule has 0 unspecified atom stereocenters. The SMILES string of the molecule is CCOc1cc(C(=O)N2CCN(c3cc(C#N)ccn3)CC2)ccc1OCCOc1ccccc1. The number of ether oxygens (including phenoxy) is 3. The van der Waals surface area contributed by atoms with Gasteiger partial charge in [0.2, 0.25) is 0 Å². The highest BCUT2D eigenvalue weighted by Gasteiger charge is 2.24. The number of rotatable bonds is 9. The molecule has 8 heteroatoms. The van der Waals surface area contributed by atoms with Crippen molar-refractivity contribution in [2.24, 2.45) is 0 Å². The van der Waals surface area contributed by atoms with Crippen LogP contribution in [0.25, 0.3) is 0 Å². The van der Waals surface area contributed by atoms with Gasteiger partial charge in [-0.1, -0.05) is 18.2 Å². The van der Waals surface area contributed by atoms with Crippen molar-refractivity contribution in [3.63, 3.8) is 0 Å². The normalized spacial score (nSPS) is 13.1. The molecule has 2 aromatic carbocycles. The Labute approximate surface area is 205 Å². The Morgan fingerprint density at radius 1 is 0.943 bits per heavy atom. The van der Waals surface area contributed by atoms with Crippen LogP contribution in [0, 0.1) is 11.3 Å². The van der Waals surface area contributed by atoms with E-state index < -0.39 is 0 Å². The first-order valence-electron chi connectivity index (χ1n) is 11.7. The minimum absolute atomic E-state index is 0.0525. The molecule has 0 N–H and O–H groups in total. The second kappa shape index (κ2) is 11.7. The van der Waals surface area contributed by atoms with E-state index in [1.807, 2.05) is 42.2 Å². The predicted octanol–water partition coefficient (Wildman–Crippen LogP) is 3.77. The molecule has 8 nitrogen and oxygen atoms in total. The van der Waals surface area contributed by atoms with Crippen LogP contribution in [-0.2, 0) is 0 Å². The largest absolute Gasteiger partial charge is 0.490 e. The van der Waals surface area contributed by atoms with Gasteiger partial charge in [0.1, 0.15) is 24.8 Å². The predicted molar refractivity (Wildman–Crippen MR) is 132 cm³/mol. The van der Waals surface area contributed by atoms with Gasteiger partial charge in [0.15, 0.2) is 11.5 Å². The topological polar surface area (TPSA) is 87.9 Å². The molecule has 2 heterocycles. The first-order chi connectivity index (χ1) is 17.2. The highest BCUT2D eigenvalue weighted by Crippen LogP contribution is 2.29. The summed E-state index contributed by atoms with van der Waals surface area (Å²) in [5.41, 5.74) is 1.13. The van der Waals surface area contributed by atoms with E-state index in [9.17, 15) is 4.79 Å². The van der Waals surface area contributed by atoms with Crippen LogP contribution >= 0.6 is 0 Å². The Balaban J connectivity index is 1.34. The Hall–Kier alpha value is -4.25. The van der Waals surface area contributed by atoms with Crippen LogP contribution in [0.1, 0.15) is 22.8 Å². The van der Waals surface area contributed by atoms with E-state index in [4.69, 9.17) is 19.5 Å². The molecule has 1 amide bonds. The highest BCUT2D eigenvalue weighted by molar-refractivity contribution is 5.95. The average Bonchev–Trinajstić information content (AvgIpc) is 2.92. The van der Waals surface area contributed by atoms with Gasteiger partial charge >= 0.3 is 0 Å². The van der Waals surface area contributed by atoms with Crippen molar-refractivity contribution >= 4 is 11.7 Å². The third-order valence-corrected chi connectivity index (χ3v) is 5.61. The summed E-state index contributed by atoms with van der Waals surface area (Å²) >= 11 is 0. The highest BCUT2D eigenvalue weighted by atomic mass is 16.5. The summed E-state index contributed by atoms with van der Waals surface area (Å²) in [7, 11) is 0. The fourth-order valence-electron chi connectivity index (χ4n) is 3.84. The number of aromatic nitrogens is 1. The van der Waals surface area contributed by atoms with Gasteiger partial charge in [-0.25, -0.2) is 4.98 Å². The number of anilines is 1. The fourth-order valence-corrected chi connectivity index (χ4v) is 3.84. The van der Waals surface area contributed by atoms with Crippen molar-refractivity contribution in [2.75, 3.05) is 50.9 Å². The lowest BCUT2D eigenvalue weighted by atomic mass is 10.1. The summed E-state index contributed by atoms with van der Waals surface area (Å²) in [5.74, 6) is 2.61. The summed E-state index contributed by atoms with van der Waals surface area (Å²) in [6, 6.07) is 20.4. The van der Waals surface area contributed by atoms with Crippen molar-refractivity contribution in [3.05, 3.63) is 78.0 Å². The lowest BCUT2D eigenvalue weighted by Gasteiger charge is -2.35. The van der Waals surface area contributed by atoms with E-state index in [-0.39, 0.29) is 5.91 Å². The Bertz CT molecular complexity index is 1170. The number of hydrogen-bond donors (Lipinski definition) is 0. The summed E-state index contributed by atoms with van der Waals surface area (Å²) < 4.78 is 17.3. The van der Waals surface area contributed by atoms with Crippen molar-refractivity contribution in [1.82, 2.24) is 9.88 Å². The molecule has 0 saturated carbocycles. The molecule has 1 aromatic heterocycles. The molecule has 0 bridgehead atoms. The molecule has 3 aromatic rings. The summed E-state index contributed by atoms with van der Waals surface area (Å²) in [6.07, 6.45) is 1.64. The van der Waals surface area contributed by atoms with Gasteiger partial charge in [0, 0.05) is 37.9 Å². The third-order valence-electron chi connectivity index (χ3n) is 5.61. The first kappa shape index (κ1) is 23.9. The second-order valence-corrected chi connectivity index (χ2v) is 7.90. The minimum Gasteiger partial charge on any atom is -0.490 e. The summed E-state index contributed by atoms with van der Waals surface area (Å²) in [5, 5.41) is 9.11. The second-order valence-electron chi connectivity index (χ2n) is 7.90. The van der Waals surface area contributed by atoms with Gasteiger partial charge < -0.3 is 24.0 Å². The maximum absolute atomic E-state index is 13.2. The van der Waals surface area contributed by atoms with Crippen LogP contribution in [0.2, 0.25) is 0 Å². The van der Waals surface area contributed by atoms with E-state index in [2.05, 4.69) is 16.0 Å². The summed E-state index contributed by atoms with van der Waals surface area (Å²) in [4.78, 5) is 21.4. The number of pyridine rings is 1. The number of nitriles is 1. The lowest BCUT2D eigenvalue weighted by molar-refractivity contribution is 0.0746. The van der Waals surface area contributed by atoms with Crippen LogP contribution in [-0.4, -0.2) is 61.8 Å². The zero-order valence-corrected chi connectivity index (χ0v) is 19.7. The molecule has 0 radical (unpaired) electrons. The Morgan fingerprint density at radius 2 is 1.71 bits per heavy atom. The lowest BCUT2D eigenvalue weighted by Crippen LogP contribution is -2.49. The molecule has 0 atom stereocenters. The number of carbonyl (C=O) groups is 1. The molecule has 0 aliphatic carbocycles. The van der Waals surface area contributed by atoms with Gasteiger partial charge in [-0.15, -0.1) is 0 Å². The smallest absolute Gasteiger partial charge is 0.254 e. The molecule has 180 valence electrons. The van der Waals surface area contributed by atoms with Gasteiger partial charge in [-0.3, -0.25) is 4.79 Å². The number of para-hydroxylation sites is 1. The number of carbonyl (C=O) groups excluding carboxylic acids is 1. The third kappa shape index (κ3) is 6.21. The van der Waals surface area contributed by atoms with E-state index in [0.717, 1.165) is 11.6 Å². The zero-order valence-electron chi connectivity index (χ0n) is 19.7. The molecule has 1 aliphatic heterocycles. The molecular formula is C27H28N4O4. The Morgan fingerprint density at radius 3 is 2.46 bits per heavy atom. The number of piperazine rings is 1. The molecule has 0 spiro atoms. The minimum atomic E-state index is -0.0525. The monoisotopic (exact) mass is 472 g/mol. The number of nitrogens with zero attached hydrogens (tertiary/aromatic N) is 4. The molecule has 1 aliphatic rings. The summed E-state index contributed by atoms with van der Waals surface area (Å²) in [6.45, 7) is 5.53. The van der Waals surface area contributed by atoms with Crippen LogP contribution < -0.4 is 19.1 Å². The number of benzene rings is 2. The standard InChI is InChI=1S/C27H28N4O4/c1-2-33-25-19-22(8-9-24(25)35-17-16-34-23-6-4-3-5-7-23)27(32)31-14-12-30(13-15-31)26-18-21(20-28)10-11-29-26/h3-11,18-19H,2,12-17H2,1H3. The average molecular weight is 473 g/mol. The molecular weight excluding hydrogens is 444 g/mol. The maximum atomic E-state index is 13.2. The van der Waals surface area contributed by atoms with E-state index in [1.165, 1.54) is 0 Å². The fraction of sp³-hybridized carbons (Fsp3) is 0.296. The first-order valence-corrected chi connectivity index (χ1v) is 11.7. The van der Waals surface area contributed by atoms with Crippen LogP contribution in [0.4, 0.5) is 5.82 Å². The zero-order chi connectivity index (χ0) is 24.5. The Kier molecular flexibility index (Phi) is 8.02. The van der Waals surface area contributed by atoms with E-state index in [0.29, 0.717) is 68.6 Å². The van der Waals surface area contributed by atoms with E-state index >= 15 is 0 Å². The number of hydrogen-bond acceptors (Lipinski definition) is 7. The van der Waals surface area contributed by atoms with Gasteiger partial charge in [0.05, 0.1) is 18.2 Å². The van der Waals surface area contributed by atoms with Crippen molar-refractivity contribution in [1.29, 1.82) is 5.26 Å². The molecule has 1 saturated heterocycles. The quantitative estimate of drug-likeness (QED) is 0.438. The van der Waals surface area contributed by atoms with Crippen LogP contribution in [0.3, 0.4) is 0 Å². The van der Waals surface area contributed by atoms with Crippen molar-refractivity contribution < 1.29 is 19.0 Å². The molecule has 1 fully saturated rings. The maximum Gasteiger partial charge on any atom is 0.254 e. The molecule has 4 rings (SSSR count). The van der Waals surface area contributed by atoms with Crippen LogP contribution in [0.5, 0.6) is 17.2 Å². The van der Waals surface area contributed by atoms with Gasteiger partial charge in [-0.05, 0) is 49.4 Å². The van der Waals surface area contributed by atoms with Gasteiger partial charge in [-0.2, -0.15) is 5.26 Å².